The number of amides is 1. The van der Waals surface area contributed by atoms with Crippen molar-refractivity contribution in [1.29, 1.82) is 0 Å². The van der Waals surface area contributed by atoms with Gasteiger partial charge in [-0.2, -0.15) is 4.89 Å². The highest BCUT2D eigenvalue weighted by Crippen LogP contribution is 2.67. The molecule has 7 atom stereocenters. The third-order valence-corrected chi connectivity index (χ3v) is 11.0. The van der Waals surface area contributed by atoms with E-state index in [9.17, 15) is 19.5 Å². The van der Waals surface area contributed by atoms with Crippen molar-refractivity contribution in [3.63, 3.8) is 0 Å². The lowest BCUT2D eigenvalue weighted by molar-refractivity contribution is -1.07. The van der Waals surface area contributed by atoms with E-state index in [0.29, 0.717) is 23.1 Å². The molecule has 0 saturated heterocycles. The zero-order valence-electron chi connectivity index (χ0n) is 20.7. The fraction of sp³-hybridized carbons (Fsp3) is 0.808. The van der Waals surface area contributed by atoms with Crippen molar-refractivity contribution in [2.45, 2.75) is 98.6 Å². The summed E-state index contributed by atoms with van der Waals surface area (Å²) in [5.74, 6) is 1.61. The van der Waals surface area contributed by atoms with Crippen LogP contribution in [0.1, 0.15) is 86.5 Å². The van der Waals surface area contributed by atoms with E-state index in [1.807, 2.05) is 39.8 Å². The number of hydroxylamine groups is 3. The molecule has 4 aliphatic rings. The second-order valence-corrected chi connectivity index (χ2v) is 13.1. The van der Waals surface area contributed by atoms with E-state index in [0.717, 1.165) is 44.9 Å². The SMILES string of the molecule is CC(C)[N+](O)(C(=O)[C@H]1CC[C@H]2[C@@H]3CCC4=CC([P+](=O)O)=CC[C@]4(C)[C@H]3CC[C@]12C)C(C)C. The number of allylic oxidation sites excluding steroid dienone is 4. The number of rotatable bonds is 4. The van der Waals surface area contributed by atoms with Gasteiger partial charge in [0.2, 0.25) is 5.31 Å². The van der Waals surface area contributed by atoms with Crippen LogP contribution in [0.2, 0.25) is 0 Å². The summed E-state index contributed by atoms with van der Waals surface area (Å²) in [5.41, 5.74) is 1.37. The normalized spacial score (nSPS) is 39.8. The van der Waals surface area contributed by atoms with E-state index in [4.69, 9.17) is 0 Å². The van der Waals surface area contributed by atoms with E-state index >= 15 is 0 Å². The van der Waals surface area contributed by atoms with Crippen molar-refractivity contribution in [2.75, 3.05) is 0 Å². The fourth-order valence-electron chi connectivity index (χ4n) is 8.29. The van der Waals surface area contributed by atoms with Gasteiger partial charge in [-0.3, -0.25) is 0 Å². The molecule has 0 spiro atoms. The predicted octanol–water partition coefficient (Wildman–Crippen LogP) is 6.34. The molecule has 0 heterocycles. The number of fused-ring (bicyclic) bond motifs is 5. The van der Waals surface area contributed by atoms with Crippen molar-refractivity contribution >= 4 is 13.9 Å². The highest BCUT2D eigenvalue weighted by atomic mass is 31.1. The Hall–Kier alpha value is -0.870. The van der Waals surface area contributed by atoms with E-state index in [1.54, 1.807) is 0 Å². The molecular weight excluding hydrogens is 421 g/mol. The van der Waals surface area contributed by atoms with Crippen LogP contribution in [0, 0.1) is 34.5 Å². The van der Waals surface area contributed by atoms with Crippen molar-refractivity contribution in [2.24, 2.45) is 34.5 Å². The summed E-state index contributed by atoms with van der Waals surface area (Å²) in [6.45, 7) is 12.5. The molecule has 0 radical (unpaired) electrons. The quantitative estimate of drug-likeness (QED) is 0.221. The number of hydrogen-bond acceptors (Lipinski definition) is 3. The topological polar surface area (TPSA) is 74.6 Å². The van der Waals surface area contributed by atoms with E-state index in [1.165, 1.54) is 5.57 Å². The minimum absolute atomic E-state index is 0.0260. The number of nitrogens with zero attached hydrogens (tertiary/aromatic N) is 1. The smallest absolute Gasteiger partial charge is 0.227 e. The molecule has 4 aliphatic carbocycles. The predicted molar refractivity (Wildman–Crippen MR) is 126 cm³/mol. The molecule has 0 bridgehead atoms. The molecule has 1 amide bonds. The highest BCUT2D eigenvalue weighted by Gasteiger charge is 2.63. The average molecular weight is 464 g/mol. The Morgan fingerprint density at radius 1 is 1.09 bits per heavy atom. The fourth-order valence-corrected chi connectivity index (χ4v) is 8.81. The van der Waals surface area contributed by atoms with Crippen LogP contribution < -0.4 is 0 Å². The molecule has 0 aromatic carbocycles. The molecule has 0 aromatic heterocycles. The Bertz CT molecular complexity index is 869. The maximum atomic E-state index is 13.8. The second kappa shape index (κ2) is 8.12. The number of carbonyl (C=O) groups excluding carboxylic acids is 1. The highest BCUT2D eigenvalue weighted by molar-refractivity contribution is 7.43. The van der Waals surface area contributed by atoms with Gasteiger partial charge in [0, 0.05) is 0 Å². The van der Waals surface area contributed by atoms with Gasteiger partial charge >= 0.3 is 13.9 Å². The molecule has 178 valence electrons. The molecule has 32 heavy (non-hydrogen) atoms. The molecule has 4 rings (SSSR count). The molecule has 0 aliphatic heterocycles. The van der Waals surface area contributed by atoms with Crippen LogP contribution in [0.3, 0.4) is 0 Å². The molecule has 6 heteroatoms. The van der Waals surface area contributed by atoms with Crippen LogP contribution in [0.5, 0.6) is 0 Å². The summed E-state index contributed by atoms with van der Waals surface area (Å²) < 4.78 is 11.2. The monoisotopic (exact) mass is 463 g/mol. The number of hydrogen-bond donors (Lipinski definition) is 2. The summed E-state index contributed by atoms with van der Waals surface area (Å²) in [5, 5.41) is 12.0. The minimum Gasteiger partial charge on any atom is -0.227 e. The summed E-state index contributed by atoms with van der Waals surface area (Å²) in [7, 11) is -2.27. The summed E-state index contributed by atoms with van der Waals surface area (Å²) in [6, 6.07) is -0.298. The van der Waals surface area contributed by atoms with Crippen LogP contribution in [-0.4, -0.2) is 32.7 Å². The van der Waals surface area contributed by atoms with Crippen molar-refractivity contribution in [1.82, 2.24) is 0 Å². The van der Waals surface area contributed by atoms with E-state index < -0.39 is 12.7 Å². The standard InChI is InChI=1S/C26H41NO4P/c1-16(2)27(29,17(3)4)24(28)23-10-9-21-20-8-7-18-15-19(32(30)31)11-13-25(18,5)22(20)12-14-26(21,23)6/h11,15-17,20-23,29H,7-10,12-14H2,1-6H3/q+1/p+1/t20-,21-,22-,23+,25-,26-/m0/s1. The zero-order chi connectivity index (χ0) is 23.6. The molecular formula is C26H42NO4P+2. The first kappa shape index (κ1) is 24.3. The van der Waals surface area contributed by atoms with Crippen molar-refractivity contribution in [3.8, 4) is 0 Å². The molecule has 0 aromatic rings. The maximum absolute atomic E-state index is 13.8. The number of quaternary nitrogens is 1. The second-order valence-electron chi connectivity index (χ2n) is 12.0. The minimum atomic E-state index is -2.27. The molecule has 3 saturated carbocycles. The van der Waals surface area contributed by atoms with Gasteiger partial charge in [0.15, 0.2) is 0 Å². The van der Waals surface area contributed by atoms with E-state index in [2.05, 4.69) is 13.8 Å². The lowest BCUT2D eigenvalue weighted by atomic mass is 9.47. The van der Waals surface area contributed by atoms with Crippen molar-refractivity contribution in [3.05, 3.63) is 23.0 Å². The summed E-state index contributed by atoms with van der Waals surface area (Å²) in [6.07, 6.45) is 11.0. The Morgan fingerprint density at radius 3 is 2.34 bits per heavy atom. The zero-order valence-corrected chi connectivity index (χ0v) is 21.6. The summed E-state index contributed by atoms with van der Waals surface area (Å²) in [4.78, 5) is 23.4. The van der Waals surface area contributed by atoms with Crippen LogP contribution in [-0.2, 0) is 9.36 Å². The van der Waals surface area contributed by atoms with Gasteiger partial charge < -0.3 is 0 Å². The van der Waals surface area contributed by atoms with Gasteiger partial charge in [0.05, 0.1) is 5.92 Å². The maximum Gasteiger partial charge on any atom is 0.545 e. The van der Waals surface area contributed by atoms with Gasteiger partial charge in [-0.25, -0.2) is 10.0 Å². The van der Waals surface area contributed by atoms with Gasteiger partial charge in [0.25, 0.3) is 0 Å². The van der Waals surface area contributed by atoms with E-state index in [-0.39, 0.29) is 34.7 Å². The Labute approximate surface area is 194 Å². The third-order valence-electron chi connectivity index (χ3n) is 10.2. The van der Waals surface area contributed by atoms with Gasteiger partial charge in [-0.1, -0.05) is 19.4 Å². The molecule has 1 unspecified atom stereocenters. The first-order valence-electron chi connectivity index (χ1n) is 12.6. The Balaban J connectivity index is 1.61. The van der Waals surface area contributed by atoms with Gasteiger partial charge in [-0.15, -0.1) is 4.65 Å². The first-order valence-corrected chi connectivity index (χ1v) is 13.8. The number of carbonyl (C=O) groups is 1. The Kier molecular flexibility index (Phi) is 6.15. The van der Waals surface area contributed by atoms with Gasteiger partial charge in [-0.05, 0) is 118 Å². The van der Waals surface area contributed by atoms with Crippen LogP contribution >= 0.6 is 8.03 Å². The van der Waals surface area contributed by atoms with Crippen LogP contribution in [0.25, 0.3) is 0 Å². The lowest BCUT2D eigenvalue weighted by Gasteiger charge is -2.57. The Morgan fingerprint density at radius 2 is 1.75 bits per heavy atom. The van der Waals surface area contributed by atoms with Crippen LogP contribution in [0.4, 0.5) is 0 Å². The van der Waals surface area contributed by atoms with Crippen molar-refractivity contribution < 1.29 is 24.1 Å². The average Bonchev–Trinajstić information content (AvgIpc) is 3.08. The first-order chi connectivity index (χ1) is 14.9. The largest absolute Gasteiger partial charge is 0.545 e. The third kappa shape index (κ3) is 3.34. The lowest BCUT2D eigenvalue weighted by Crippen LogP contribution is -2.63. The molecule has 3 fully saturated rings. The van der Waals surface area contributed by atoms with Crippen LogP contribution in [0.15, 0.2) is 23.0 Å². The molecule has 2 N–H and O–H groups in total. The van der Waals surface area contributed by atoms with Gasteiger partial charge in [0.1, 0.15) is 12.1 Å². The summed E-state index contributed by atoms with van der Waals surface area (Å²) >= 11 is 0. The molecule has 5 nitrogen and oxygen atoms in total.